The van der Waals surface area contributed by atoms with Gasteiger partial charge in [0.2, 0.25) is 0 Å². The number of nitrogens with zero attached hydrogens (tertiary/aromatic N) is 1. The maximum absolute atomic E-state index is 12.2. The Labute approximate surface area is 192 Å². The Morgan fingerprint density at radius 1 is 1.10 bits per heavy atom. The van der Waals surface area contributed by atoms with Gasteiger partial charge < -0.3 is 5.32 Å². The Morgan fingerprint density at radius 2 is 1.80 bits per heavy atom. The van der Waals surface area contributed by atoms with Gasteiger partial charge in [0.05, 0.1) is 4.92 Å². The summed E-state index contributed by atoms with van der Waals surface area (Å²) in [6.07, 6.45) is 6.02. The smallest absolute Gasteiger partial charge is 0.269 e. The second-order valence-corrected chi connectivity index (χ2v) is 8.72. The van der Waals surface area contributed by atoms with Crippen molar-refractivity contribution in [3.63, 3.8) is 0 Å². The number of Topliss-reactive ketones (excluding diaryl/α,β-unsaturated/α-hetero) is 1. The zero-order valence-corrected chi connectivity index (χ0v) is 19.3. The lowest BCUT2D eigenvalue weighted by Crippen LogP contribution is -2.27. The van der Waals surface area contributed by atoms with E-state index in [1.165, 1.54) is 18.4 Å². The molecule has 1 N–H and O–H groups in total. The fourth-order valence-corrected chi connectivity index (χ4v) is 4.45. The summed E-state index contributed by atoms with van der Waals surface area (Å²) in [5.41, 5.74) is 2.14. The van der Waals surface area contributed by atoms with Crippen LogP contribution in [-0.4, -0.2) is 23.8 Å². The third-order valence-electron chi connectivity index (χ3n) is 5.76. The molecule has 1 saturated carbocycles. The summed E-state index contributed by atoms with van der Waals surface area (Å²) in [7, 11) is 0. The van der Waals surface area contributed by atoms with Crippen molar-refractivity contribution in [3.8, 4) is 0 Å². The van der Waals surface area contributed by atoms with Gasteiger partial charge in [0.25, 0.3) is 5.69 Å². The first-order valence-corrected chi connectivity index (χ1v) is 11.1. The molecule has 1 aliphatic carbocycles. The highest BCUT2D eigenvalue weighted by Crippen LogP contribution is 2.36. The molecule has 1 fully saturated rings. The van der Waals surface area contributed by atoms with Gasteiger partial charge in [-0.3, -0.25) is 14.9 Å². The first-order valence-electron chi connectivity index (χ1n) is 10.3. The van der Waals surface area contributed by atoms with Gasteiger partial charge in [0.1, 0.15) is 0 Å². The van der Waals surface area contributed by atoms with E-state index in [0.29, 0.717) is 18.3 Å². The van der Waals surface area contributed by atoms with E-state index in [0.717, 1.165) is 42.4 Å². The molecule has 0 bridgehead atoms. The number of carbonyl (C=O) groups is 1. The lowest BCUT2D eigenvalue weighted by molar-refractivity contribution is -0.384. The van der Waals surface area contributed by atoms with Crippen LogP contribution in [0, 0.1) is 16.0 Å². The summed E-state index contributed by atoms with van der Waals surface area (Å²) in [6.45, 7) is 1.86. The summed E-state index contributed by atoms with van der Waals surface area (Å²) in [5.74, 6) is 1.37. The zero-order chi connectivity index (χ0) is 20.6. The van der Waals surface area contributed by atoms with Crippen LogP contribution in [0.5, 0.6) is 0 Å². The number of nitrogens with one attached hydrogen (secondary N) is 1. The van der Waals surface area contributed by atoms with Crippen molar-refractivity contribution >= 4 is 39.8 Å². The van der Waals surface area contributed by atoms with Crippen LogP contribution in [0.15, 0.2) is 53.0 Å². The molecule has 30 heavy (non-hydrogen) atoms. The standard InChI is InChI=1S/C23H27BrN2O3.ClH/c24-21-4-1-3-20(15-21)23(27)5-2-14-25-16-17-6-8-18(9-7-17)19-10-12-22(13-11-19)26(28)29;/h1,3-4,10-13,15,17-18,25H,2,5-9,14,16H2;1H. The second kappa shape index (κ2) is 12.2. The van der Waals surface area contributed by atoms with Crippen LogP contribution in [0.1, 0.15) is 60.4 Å². The number of halogens is 2. The van der Waals surface area contributed by atoms with Gasteiger partial charge in [-0.25, -0.2) is 0 Å². The molecule has 0 aliphatic heterocycles. The first kappa shape index (κ1) is 24.5. The summed E-state index contributed by atoms with van der Waals surface area (Å²) >= 11 is 3.40. The van der Waals surface area contributed by atoms with Crippen molar-refractivity contribution in [1.29, 1.82) is 0 Å². The number of nitro groups is 1. The molecule has 162 valence electrons. The zero-order valence-electron chi connectivity index (χ0n) is 16.9. The van der Waals surface area contributed by atoms with Crippen molar-refractivity contribution in [2.24, 2.45) is 5.92 Å². The first-order chi connectivity index (χ1) is 14.0. The summed E-state index contributed by atoms with van der Waals surface area (Å²) < 4.78 is 0.936. The Morgan fingerprint density at radius 3 is 2.43 bits per heavy atom. The average Bonchev–Trinajstić information content (AvgIpc) is 2.74. The number of non-ortho nitro benzene ring substituents is 1. The minimum Gasteiger partial charge on any atom is -0.316 e. The predicted octanol–water partition coefficient (Wildman–Crippen LogP) is 6.31. The van der Waals surface area contributed by atoms with E-state index in [1.54, 1.807) is 12.1 Å². The second-order valence-electron chi connectivity index (χ2n) is 7.81. The molecular weight excluding hydrogens is 468 g/mol. The van der Waals surface area contributed by atoms with Gasteiger partial charge in [-0.2, -0.15) is 0 Å². The highest BCUT2D eigenvalue weighted by molar-refractivity contribution is 9.10. The van der Waals surface area contributed by atoms with Crippen molar-refractivity contribution in [1.82, 2.24) is 5.32 Å². The fraction of sp³-hybridized carbons (Fsp3) is 0.435. The summed E-state index contributed by atoms with van der Waals surface area (Å²) in [5, 5.41) is 14.3. The lowest BCUT2D eigenvalue weighted by atomic mass is 9.78. The number of hydrogen-bond acceptors (Lipinski definition) is 4. The van der Waals surface area contributed by atoms with E-state index in [2.05, 4.69) is 21.2 Å². The van der Waals surface area contributed by atoms with Crippen molar-refractivity contribution < 1.29 is 9.72 Å². The van der Waals surface area contributed by atoms with Crippen LogP contribution < -0.4 is 5.32 Å². The number of nitro benzene ring substituents is 1. The Kier molecular flexibility index (Phi) is 9.95. The Hall–Kier alpha value is -1.76. The molecule has 2 aromatic carbocycles. The fourth-order valence-electron chi connectivity index (χ4n) is 4.05. The number of rotatable bonds is 9. The Bertz CT molecular complexity index is 837. The van der Waals surface area contributed by atoms with Crippen LogP contribution in [0.25, 0.3) is 0 Å². The van der Waals surface area contributed by atoms with Crippen LogP contribution in [0.4, 0.5) is 5.69 Å². The Balaban J connectivity index is 0.00000320. The molecule has 5 nitrogen and oxygen atoms in total. The molecule has 0 amide bonds. The van der Waals surface area contributed by atoms with Gasteiger partial charge in [-0.15, -0.1) is 12.4 Å². The third-order valence-corrected chi connectivity index (χ3v) is 6.25. The molecular formula is C23H28BrClN2O3. The van der Waals surface area contributed by atoms with Crippen LogP contribution in [0.3, 0.4) is 0 Å². The number of ketones is 1. The molecule has 0 aromatic heterocycles. The molecule has 2 aromatic rings. The number of carbonyl (C=O) groups excluding carboxylic acids is 1. The minimum absolute atomic E-state index is 0. The van der Waals surface area contributed by atoms with Crippen molar-refractivity contribution in [2.75, 3.05) is 13.1 Å². The molecule has 0 heterocycles. The number of benzene rings is 2. The topological polar surface area (TPSA) is 72.2 Å². The average molecular weight is 496 g/mol. The quantitative estimate of drug-likeness (QED) is 0.192. The van der Waals surface area contributed by atoms with Crippen LogP contribution in [0.2, 0.25) is 0 Å². The SMILES string of the molecule is Cl.O=C(CCCNCC1CCC(c2ccc([N+](=O)[O-])cc2)CC1)c1cccc(Br)c1. The van der Waals surface area contributed by atoms with E-state index in [4.69, 9.17) is 0 Å². The van der Waals surface area contributed by atoms with Crippen LogP contribution >= 0.6 is 28.3 Å². The maximum atomic E-state index is 12.2. The highest BCUT2D eigenvalue weighted by atomic mass is 79.9. The molecule has 0 saturated heterocycles. The van der Waals surface area contributed by atoms with Crippen molar-refractivity contribution in [2.45, 2.75) is 44.4 Å². The van der Waals surface area contributed by atoms with Gasteiger partial charge >= 0.3 is 0 Å². The predicted molar refractivity (Wildman–Crippen MR) is 126 cm³/mol. The maximum Gasteiger partial charge on any atom is 0.269 e. The van der Waals surface area contributed by atoms with E-state index in [9.17, 15) is 14.9 Å². The van der Waals surface area contributed by atoms with Gasteiger partial charge in [-0.05, 0) is 74.7 Å². The highest BCUT2D eigenvalue weighted by Gasteiger charge is 2.22. The molecule has 0 spiro atoms. The van der Waals surface area contributed by atoms with Crippen molar-refractivity contribution in [3.05, 3.63) is 74.2 Å². The van der Waals surface area contributed by atoms with E-state index in [-0.39, 0.29) is 28.8 Å². The van der Waals surface area contributed by atoms with Crippen LogP contribution in [-0.2, 0) is 0 Å². The lowest BCUT2D eigenvalue weighted by Gasteiger charge is -2.29. The monoisotopic (exact) mass is 494 g/mol. The summed E-state index contributed by atoms with van der Waals surface area (Å²) in [6, 6.07) is 14.6. The largest absolute Gasteiger partial charge is 0.316 e. The number of hydrogen-bond donors (Lipinski definition) is 1. The molecule has 1 aliphatic rings. The van der Waals surface area contributed by atoms with E-state index >= 15 is 0 Å². The molecule has 0 radical (unpaired) electrons. The van der Waals surface area contributed by atoms with E-state index in [1.807, 2.05) is 36.4 Å². The molecule has 7 heteroatoms. The van der Waals surface area contributed by atoms with Gasteiger partial charge in [0, 0.05) is 28.6 Å². The van der Waals surface area contributed by atoms with Gasteiger partial charge in [-0.1, -0.05) is 40.2 Å². The normalized spacial score (nSPS) is 18.4. The third kappa shape index (κ3) is 7.18. The summed E-state index contributed by atoms with van der Waals surface area (Å²) in [4.78, 5) is 22.6. The van der Waals surface area contributed by atoms with Gasteiger partial charge in [0.15, 0.2) is 5.78 Å². The molecule has 0 unspecified atom stereocenters. The van der Waals surface area contributed by atoms with E-state index < -0.39 is 0 Å². The molecule has 3 rings (SSSR count). The minimum atomic E-state index is -0.348. The molecule has 0 atom stereocenters.